The van der Waals surface area contributed by atoms with Crippen molar-refractivity contribution in [3.05, 3.63) is 0 Å². The first-order chi connectivity index (χ1) is 10.1. The van der Waals surface area contributed by atoms with Gasteiger partial charge in [-0.15, -0.1) is 0 Å². The Kier molecular flexibility index (Phi) is 4.53. The van der Waals surface area contributed by atoms with Gasteiger partial charge in [-0.1, -0.05) is 37.9 Å². The third kappa shape index (κ3) is 3.58. The van der Waals surface area contributed by atoms with Gasteiger partial charge in [-0.3, -0.25) is 4.79 Å². The molecule has 0 aromatic heterocycles. The highest BCUT2D eigenvalue weighted by Crippen LogP contribution is 2.40. The monoisotopic (exact) mass is 308 g/mol. The van der Waals surface area contributed by atoms with Gasteiger partial charge in [-0.05, 0) is 50.4 Å². The molecule has 3 rings (SSSR count). The Hall–Kier alpha value is -0.640. The molecule has 2 N–H and O–H groups in total. The van der Waals surface area contributed by atoms with E-state index in [1.165, 1.54) is 38.5 Å². The minimum Gasteiger partial charge on any atom is -0.392 e. The molecule has 0 atom stereocenters. The van der Waals surface area contributed by atoms with Crippen molar-refractivity contribution >= 4 is 23.1 Å². The summed E-state index contributed by atoms with van der Waals surface area (Å²) in [6.07, 6.45) is 11.5. The van der Waals surface area contributed by atoms with E-state index < -0.39 is 5.41 Å². The zero-order chi connectivity index (χ0) is 14.9. The predicted octanol–water partition coefficient (Wildman–Crippen LogP) is 3.26. The number of rotatable bonds is 6. The molecule has 0 spiro atoms. The highest BCUT2D eigenvalue weighted by atomic mass is 32.1. The van der Waals surface area contributed by atoms with Crippen molar-refractivity contribution in [2.75, 3.05) is 13.1 Å². The Labute approximate surface area is 133 Å². The first-order valence-electron chi connectivity index (χ1n) is 8.71. The highest BCUT2D eigenvalue weighted by molar-refractivity contribution is 7.80. The molecule has 0 unspecified atom stereocenters. The van der Waals surface area contributed by atoms with Gasteiger partial charge < -0.3 is 10.6 Å². The number of hydrogen-bond acceptors (Lipinski definition) is 2. The van der Waals surface area contributed by atoms with Gasteiger partial charge in [0.05, 0.1) is 10.4 Å². The van der Waals surface area contributed by atoms with E-state index in [-0.39, 0.29) is 5.91 Å². The van der Waals surface area contributed by atoms with Crippen molar-refractivity contribution in [3.63, 3.8) is 0 Å². The standard InChI is InChI=1S/C17H28N2OS/c18-15(21)17(9-3-1-2-4-10-17)16(20)19(11-13-5-6-13)12-14-7-8-14/h13-14H,1-12H2,(H2,18,21). The second-order valence-electron chi connectivity index (χ2n) is 7.46. The number of carbonyl (C=O) groups excluding carboxylic acids is 1. The minimum absolute atomic E-state index is 0.260. The molecule has 1 amide bonds. The van der Waals surface area contributed by atoms with Crippen molar-refractivity contribution in [1.29, 1.82) is 0 Å². The maximum atomic E-state index is 13.3. The lowest BCUT2D eigenvalue weighted by Crippen LogP contribution is -2.51. The largest absolute Gasteiger partial charge is 0.392 e. The quantitative estimate of drug-likeness (QED) is 0.605. The van der Waals surface area contributed by atoms with E-state index in [0.29, 0.717) is 4.99 Å². The van der Waals surface area contributed by atoms with Crippen LogP contribution in [0, 0.1) is 17.3 Å². The van der Waals surface area contributed by atoms with Crippen molar-refractivity contribution in [3.8, 4) is 0 Å². The fourth-order valence-corrected chi connectivity index (χ4v) is 3.96. The summed E-state index contributed by atoms with van der Waals surface area (Å²) in [5.74, 6) is 1.74. The average Bonchev–Trinajstić information content (AvgIpc) is 3.32. The van der Waals surface area contributed by atoms with Crippen LogP contribution >= 0.6 is 12.2 Å². The van der Waals surface area contributed by atoms with Gasteiger partial charge in [-0.2, -0.15) is 0 Å². The lowest BCUT2D eigenvalue weighted by atomic mass is 9.78. The van der Waals surface area contributed by atoms with Crippen LogP contribution in [0.4, 0.5) is 0 Å². The van der Waals surface area contributed by atoms with Crippen molar-refractivity contribution in [2.45, 2.75) is 64.2 Å². The lowest BCUT2D eigenvalue weighted by Gasteiger charge is -2.36. The smallest absolute Gasteiger partial charge is 0.235 e. The number of nitrogens with two attached hydrogens (primary N) is 1. The molecule has 3 aliphatic carbocycles. The zero-order valence-corrected chi connectivity index (χ0v) is 13.8. The Balaban J connectivity index is 1.76. The molecule has 21 heavy (non-hydrogen) atoms. The van der Waals surface area contributed by atoms with Crippen LogP contribution in [0.25, 0.3) is 0 Å². The Morgan fingerprint density at radius 3 is 1.86 bits per heavy atom. The number of nitrogens with zero attached hydrogens (tertiary/aromatic N) is 1. The number of hydrogen-bond donors (Lipinski definition) is 1. The van der Waals surface area contributed by atoms with Gasteiger partial charge >= 0.3 is 0 Å². The average molecular weight is 308 g/mol. The molecule has 0 bridgehead atoms. The fraction of sp³-hybridized carbons (Fsp3) is 0.882. The highest BCUT2D eigenvalue weighted by Gasteiger charge is 2.45. The molecule has 4 heteroatoms. The zero-order valence-electron chi connectivity index (χ0n) is 13.0. The maximum Gasteiger partial charge on any atom is 0.235 e. The van der Waals surface area contributed by atoms with Crippen molar-refractivity contribution in [1.82, 2.24) is 4.90 Å². The molecular formula is C17H28N2OS. The molecular weight excluding hydrogens is 280 g/mol. The molecule has 0 aromatic carbocycles. The van der Waals surface area contributed by atoms with Crippen LogP contribution in [0.2, 0.25) is 0 Å². The SMILES string of the molecule is NC(=S)C1(C(=O)N(CC2CC2)CC2CC2)CCCCCC1. The van der Waals surface area contributed by atoms with Crippen LogP contribution < -0.4 is 5.73 Å². The van der Waals surface area contributed by atoms with Gasteiger partial charge in [0, 0.05) is 13.1 Å². The predicted molar refractivity (Wildman–Crippen MR) is 88.9 cm³/mol. The maximum absolute atomic E-state index is 13.3. The second-order valence-corrected chi connectivity index (χ2v) is 7.90. The molecule has 3 nitrogen and oxygen atoms in total. The summed E-state index contributed by atoms with van der Waals surface area (Å²) in [6, 6.07) is 0. The minimum atomic E-state index is -0.532. The summed E-state index contributed by atoms with van der Waals surface area (Å²) in [7, 11) is 0. The van der Waals surface area contributed by atoms with E-state index in [0.717, 1.165) is 50.6 Å². The third-order valence-corrected chi connectivity index (χ3v) is 5.87. The van der Waals surface area contributed by atoms with Gasteiger partial charge in [0.2, 0.25) is 5.91 Å². The number of thiocarbonyl (C=S) groups is 1. The first-order valence-corrected chi connectivity index (χ1v) is 9.12. The normalized spacial score (nSPS) is 25.1. The van der Waals surface area contributed by atoms with E-state index in [2.05, 4.69) is 4.90 Å². The van der Waals surface area contributed by atoms with E-state index >= 15 is 0 Å². The van der Waals surface area contributed by atoms with E-state index in [1.807, 2.05) is 0 Å². The topological polar surface area (TPSA) is 46.3 Å². The Bertz CT molecular complexity index is 393. The summed E-state index contributed by atoms with van der Waals surface area (Å²) in [6.45, 7) is 1.89. The number of carbonyl (C=O) groups is 1. The van der Waals surface area contributed by atoms with E-state index in [1.54, 1.807) is 0 Å². The van der Waals surface area contributed by atoms with Gasteiger partial charge in [-0.25, -0.2) is 0 Å². The van der Waals surface area contributed by atoms with E-state index in [4.69, 9.17) is 18.0 Å². The summed E-state index contributed by atoms with van der Waals surface area (Å²) in [5, 5.41) is 0. The molecule has 3 aliphatic rings. The molecule has 0 saturated heterocycles. The third-order valence-electron chi connectivity index (χ3n) is 5.48. The van der Waals surface area contributed by atoms with Gasteiger partial charge in [0.15, 0.2) is 0 Å². The summed E-state index contributed by atoms with van der Waals surface area (Å²) < 4.78 is 0. The first kappa shape index (κ1) is 15.3. The molecule has 0 aliphatic heterocycles. The van der Waals surface area contributed by atoms with Gasteiger partial charge in [0.1, 0.15) is 0 Å². The van der Waals surface area contributed by atoms with Crippen LogP contribution in [-0.2, 0) is 4.79 Å². The summed E-state index contributed by atoms with van der Waals surface area (Å²) >= 11 is 5.37. The van der Waals surface area contributed by atoms with Crippen molar-refractivity contribution < 1.29 is 4.79 Å². The van der Waals surface area contributed by atoms with Crippen LogP contribution in [0.3, 0.4) is 0 Å². The summed E-state index contributed by atoms with van der Waals surface area (Å²) in [5.41, 5.74) is 5.56. The van der Waals surface area contributed by atoms with Crippen LogP contribution in [0.1, 0.15) is 64.2 Å². The molecule has 0 aromatic rings. The Morgan fingerprint density at radius 2 is 1.48 bits per heavy atom. The molecule has 3 saturated carbocycles. The van der Waals surface area contributed by atoms with Crippen LogP contribution in [0.15, 0.2) is 0 Å². The van der Waals surface area contributed by atoms with Crippen LogP contribution in [0.5, 0.6) is 0 Å². The number of amides is 1. The molecule has 3 fully saturated rings. The molecule has 0 heterocycles. The summed E-state index contributed by atoms with van der Waals surface area (Å²) in [4.78, 5) is 15.9. The Morgan fingerprint density at radius 1 is 1.00 bits per heavy atom. The van der Waals surface area contributed by atoms with Crippen LogP contribution in [-0.4, -0.2) is 28.9 Å². The van der Waals surface area contributed by atoms with Crippen molar-refractivity contribution in [2.24, 2.45) is 23.0 Å². The van der Waals surface area contributed by atoms with E-state index in [9.17, 15) is 4.79 Å². The molecule has 0 radical (unpaired) electrons. The fourth-order valence-electron chi connectivity index (χ4n) is 3.66. The lowest BCUT2D eigenvalue weighted by molar-refractivity contribution is -0.139. The van der Waals surface area contributed by atoms with Gasteiger partial charge in [0.25, 0.3) is 0 Å². The molecule has 118 valence electrons. The second kappa shape index (κ2) is 6.23.